The lowest BCUT2D eigenvalue weighted by Gasteiger charge is -2.15. The van der Waals surface area contributed by atoms with Gasteiger partial charge < -0.3 is 9.47 Å². The van der Waals surface area contributed by atoms with Gasteiger partial charge in [-0.25, -0.2) is 0 Å². The monoisotopic (exact) mass is 499 g/mol. The Morgan fingerprint density at radius 2 is 1.81 bits per heavy atom. The van der Waals surface area contributed by atoms with Crippen molar-refractivity contribution in [2.75, 3.05) is 13.2 Å². The van der Waals surface area contributed by atoms with Crippen LogP contribution in [0.15, 0.2) is 35.2 Å². The van der Waals surface area contributed by atoms with Gasteiger partial charge in [0.25, 0.3) is 11.1 Å². The first-order valence-electron chi connectivity index (χ1n) is 9.62. The van der Waals surface area contributed by atoms with E-state index in [4.69, 9.17) is 44.3 Å². The molecule has 164 valence electrons. The fraction of sp³-hybridized carbons (Fsp3) is 0.273. The third-order valence-corrected chi connectivity index (χ3v) is 6.11. The highest BCUT2D eigenvalue weighted by atomic mass is 35.5. The van der Waals surface area contributed by atoms with Crippen molar-refractivity contribution in [2.45, 2.75) is 26.9 Å². The van der Waals surface area contributed by atoms with E-state index in [2.05, 4.69) is 0 Å². The molecule has 0 aromatic heterocycles. The van der Waals surface area contributed by atoms with Gasteiger partial charge in [-0.15, -0.1) is 0 Å². The standard InChI is InChI=1S/C22H20Cl3NO4S/c1-3-7-26-21(27)19(31-22(26)28)10-13-8-17(25)20(18(9-13)29-4-2)30-12-14-5-6-15(23)11-16(14)24/h5-6,8-11H,3-4,7,12H2,1-2H3/b19-10+. The molecule has 9 heteroatoms. The van der Waals surface area contributed by atoms with Crippen molar-refractivity contribution < 1.29 is 19.1 Å². The first kappa shape index (κ1) is 23.8. The molecule has 1 aliphatic rings. The number of amides is 2. The Labute approximate surface area is 200 Å². The fourth-order valence-electron chi connectivity index (χ4n) is 2.93. The van der Waals surface area contributed by atoms with Crippen molar-refractivity contribution in [3.8, 4) is 11.5 Å². The molecule has 0 aliphatic carbocycles. The van der Waals surface area contributed by atoms with Crippen LogP contribution in [0.25, 0.3) is 6.08 Å². The van der Waals surface area contributed by atoms with E-state index < -0.39 is 0 Å². The minimum atomic E-state index is -0.302. The summed E-state index contributed by atoms with van der Waals surface area (Å²) in [6, 6.07) is 8.53. The van der Waals surface area contributed by atoms with Crippen LogP contribution in [0.4, 0.5) is 4.79 Å². The molecule has 2 amide bonds. The van der Waals surface area contributed by atoms with Crippen LogP contribution in [-0.2, 0) is 11.4 Å². The first-order chi connectivity index (χ1) is 14.8. The summed E-state index contributed by atoms with van der Waals surface area (Å²) >= 11 is 19.5. The SMILES string of the molecule is CCCN1C(=O)S/C(=C/c2cc(Cl)c(OCc3ccc(Cl)cc3Cl)c(OCC)c2)C1=O. The second-order valence-corrected chi connectivity index (χ2v) is 8.86. The third kappa shape index (κ3) is 5.69. The van der Waals surface area contributed by atoms with Crippen LogP contribution >= 0.6 is 46.6 Å². The average Bonchev–Trinajstić information content (AvgIpc) is 2.96. The van der Waals surface area contributed by atoms with Gasteiger partial charge in [0.15, 0.2) is 11.5 Å². The van der Waals surface area contributed by atoms with Crippen molar-refractivity contribution in [2.24, 2.45) is 0 Å². The first-order valence-corrected chi connectivity index (χ1v) is 11.6. The van der Waals surface area contributed by atoms with E-state index in [-0.39, 0.29) is 17.8 Å². The number of carbonyl (C=O) groups is 2. The van der Waals surface area contributed by atoms with Gasteiger partial charge in [-0.1, -0.05) is 47.8 Å². The van der Waals surface area contributed by atoms with Crippen LogP contribution < -0.4 is 9.47 Å². The lowest BCUT2D eigenvalue weighted by molar-refractivity contribution is -0.122. The van der Waals surface area contributed by atoms with Crippen LogP contribution in [0.5, 0.6) is 11.5 Å². The van der Waals surface area contributed by atoms with Gasteiger partial charge >= 0.3 is 0 Å². The second-order valence-electron chi connectivity index (χ2n) is 6.62. The van der Waals surface area contributed by atoms with E-state index in [9.17, 15) is 9.59 Å². The lowest BCUT2D eigenvalue weighted by Crippen LogP contribution is -2.28. The van der Waals surface area contributed by atoms with Gasteiger partial charge in [0.1, 0.15) is 6.61 Å². The largest absolute Gasteiger partial charge is 0.490 e. The summed E-state index contributed by atoms with van der Waals surface area (Å²) < 4.78 is 11.6. The Morgan fingerprint density at radius 1 is 1.03 bits per heavy atom. The highest BCUT2D eigenvalue weighted by molar-refractivity contribution is 8.18. The normalized spacial score (nSPS) is 15.1. The zero-order chi connectivity index (χ0) is 22.5. The fourth-order valence-corrected chi connectivity index (χ4v) is 4.53. The van der Waals surface area contributed by atoms with E-state index in [1.54, 1.807) is 36.4 Å². The summed E-state index contributed by atoms with van der Waals surface area (Å²) in [6.07, 6.45) is 2.34. The summed E-state index contributed by atoms with van der Waals surface area (Å²) in [5.41, 5.74) is 1.38. The Kier molecular flexibility index (Phi) is 8.17. The van der Waals surface area contributed by atoms with E-state index in [1.165, 1.54) is 4.90 Å². The molecule has 31 heavy (non-hydrogen) atoms. The minimum absolute atomic E-state index is 0.172. The molecular formula is C22H20Cl3NO4S. The Bertz CT molecular complexity index is 1040. The Morgan fingerprint density at radius 3 is 2.48 bits per heavy atom. The highest BCUT2D eigenvalue weighted by Crippen LogP contribution is 2.40. The molecule has 0 atom stereocenters. The number of halogens is 3. The van der Waals surface area contributed by atoms with Crippen molar-refractivity contribution >= 4 is 63.8 Å². The molecule has 5 nitrogen and oxygen atoms in total. The molecule has 3 rings (SSSR count). The van der Waals surface area contributed by atoms with Gasteiger partial charge in [-0.05, 0) is 61.0 Å². The molecule has 0 radical (unpaired) electrons. The molecule has 2 aromatic rings. The number of ether oxygens (including phenoxy) is 2. The van der Waals surface area contributed by atoms with E-state index >= 15 is 0 Å². The van der Waals surface area contributed by atoms with E-state index in [0.717, 1.165) is 17.3 Å². The molecule has 1 aliphatic heterocycles. The predicted octanol–water partition coefficient (Wildman–Crippen LogP) is 7.07. The number of carbonyl (C=O) groups excluding carboxylic acids is 2. The number of hydrogen-bond donors (Lipinski definition) is 0. The van der Waals surface area contributed by atoms with E-state index in [1.807, 2.05) is 13.8 Å². The number of thioether (sulfide) groups is 1. The zero-order valence-electron chi connectivity index (χ0n) is 16.9. The zero-order valence-corrected chi connectivity index (χ0v) is 20.0. The quantitative estimate of drug-likeness (QED) is 0.363. The highest BCUT2D eigenvalue weighted by Gasteiger charge is 2.34. The number of imide groups is 1. The molecule has 1 saturated heterocycles. The Hall–Kier alpha value is -1.86. The molecule has 0 unspecified atom stereocenters. The van der Waals surface area contributed by atoms with Crippen LogP contribution in [0.1, 0.15) is 31.4 Å². The topological polar surface area (TPSA) is 55.8 Å². The maximum Gasteiger partial charge on any atom is 0.293 e. The van der Waals surface area contributed by atoms with Crippen LogP contribution in [0.3, 0.4) is 0 Å². The molecule has 0 spiro atoms. The maximum absolute atomic E-state index is 12.5. The molecule has 1 heterocycles. The molecule has 2 aromatic carbocycles. The van der Waals surface area contributed by atoms with Gasteiger partial charge in [0.05, 0.1) is 16.5 Å². The van der Waals surface area contributed by atoms with Gasteiger partial charge in [-0.3, -0.25) is 14.5 Å². The number of nitrogens with zero attached hydrogens (tertiary/aromatic N) is 1. The summed E-state index contributed by atoms with van der Waals surface area (Å²) in [7, 11) is 0. The predicted molar refractivity (Wildman–Crippen MR) is 126 cm³/mol. The van der Waals surface area contributed by atoms with E-state index in [0.29, 0.717) is 56.6 Å². The number of hydrogen-bond acceptors (Lipinski definition) is 5. The van der Waals surface area contributed by atoms with Crippen LogP contribution in [0, 0.1) is 0 Å². The van der Waals surface area contributed by atoms with Crippen molar-refractivity contribution in [1.82, 2.24) is 4.90 Å². The lowest BCUT2D eigenvalue weighted by atomic mass is 10.1. The smallest absolute Gasteiger partial charge is 0.293 e. The summed E-state index contributed by atoms with van der Waals surface area (Å²) in [6.45, 7) is 4.72. The van der Waals surface area contributed by atoms with Crippen molar-refractivity contribution in [3.63, 3.8) is 0 Å². The van der Waals surface area contributed by atoms with Gasteiger partial charge in [-0.2, -0.15) is 0 Å². The third-order valence-electron chi connectivity index (χ3n) is 4.34. The van der Waals surface area contributed by atoms with Crippen LogP contribution in [-0.4, -0.2) is 29.2 Å². The molecule has 1 fully saturated rings. The summed E-state index contributed by atoms with van der Waals surface area (Å²) in [5, 5.41) is 1.07. The second kappa shape index (κ2) is 10.6. The number of benzene rings is 2. The molecular weight excluding hydrogens is 481 g/mol. The molecule has 0 bridgehead atoms. The minimum Gasteiger partial charge on any atom is -0.490 e. The van der Waals surface area contributed by atoms with Crippen molar-refractivity contribution in [3.05, 3.63) is 61.4 Å². The number of rotatable bonds is 8. The average molecular weight is 501 g/mol. The maximum atomic E-state index is 12.5. The molecule has 0 N–H and O–H groups in total. The van der Waals surface area contributed by atoms with Gasteiger partial charge in [0, 0.05) is 22.2 Å². The van der Waals surface area contributed by atoms with Crippen molar-refractivity contribution in [1.29, 1.82) is 0 Å². The summed E-state index contributed by atoms with van der Waals surface area (Å²) in [4.78, 5) is 26.2. The molecule has 0 saturated carbocycles. The van der Waals surface area contributed by atoms with Gasteiger partial charge in [0.2, 0.25) is 0 Å². The van der Waals surface area contributed by atoms with Crippen LogP contribution in [0.2, 0.25) is 15.1 Å². The Balaban J connectivity index is 1.86. The summed E-state index contributed by atoms with van der Waals surface area (Å²) in [5.74, 6) is 0.494.